The number of anilines is 2. The summed E-state index contributed by atoms with van der Waals surface area (Å²) in [6, 6.07) is 14.3. The molecular weight excluding hydrogens is 212 g/mol. The van der Waals surface area contributed by atoms with Gasteiger partial charge in [0.1, 0.15) is 0 Å². The van der Waals surface area contributed by atoms with E-state index in [4.69, 9.17) is 5.73 Å². The number of nitrogen functional groups attached to an aromatic ring is 1. The quantitative estimate of drug-likeness (QED) is 0.772. The zero-order chi connectivity index (χ0) is 12.3. The monoisotopic (exact) mass is 225 g/mol. The summed E-state index contributed by atoms with van der Waals surface area (Å²) in [5.41, 5.74) is 8.31. The molecule has 2 aromatic rings. The molecule has 1 radical (unpaired) electrons. The van der Waals surface area contributed by atoms with Crippen LogP contribution in [-0.4, -0.2) is 5.91 Å². The van der Waals surface area contributed by atoms with E-state index in [2.05, 4.69) is 12.2 Å². The Morgan fingerprint density at radius 1 is 1.06 bits per heavy atom. The third-order valence-electron chi connectivity index (χ3n) is 2.42. The summed E-state index contributed by atoms with van der Waals surface area (Å²) in [6.45, 7) is 3.78. The fourth-order valence-electron chi connectivity index (χ4n) is 1.49. The van der Waals surface area contributed by atoms with Crippen LogP contribution in [0.5, 0.6) is 0 Å². The summed E-state index contributed by atoms with van der Waals surface area (Å²) in [5, 5.41) is 2.78. The molecule has 0 bridgehead atoms. The number of rotatable bonds is 2. The van der Waals surface area contributed by atoms with E-state index in [9.17, 15) is 4.79 Å². The molecule has 17 heavy (non-hydrogen) atoms. The zero-order valence-electron chi connectivity index (χ0n) is 9.31. The number of hydrogen-bond donors (Lipinski definition) is 2. The molecular formula is C14H13N2O. The molecule has 0 aliphatic carbocycles. The molecule has 0 aromatic heterocycles. The average Bonchev–Trinajstić information content (AvgIpc) is 2.32. The van der Waals surface area contributed by atoms with Gasteiger partial charge in [-0.3, -0.25) is 4.79 Å². The van der Waals surface area contributed by atoms with Crippen molar-refractivity contribution >= 4 is 17.3 Å². The molecule has 2 rings (SSSR count). The van der Waals surface area contributed by atoms with Crippen LogP contribution < -0.4 is 11.1 Å². The van der Waals surface area contributed by atoms with Gasteiger partial charge in [-0.05, 0) is 36.8 Å². The summed E-state index contributed by atoms with van der Waals surface area (Å²) in [6.07, 6.45) is 0. The van der Waals surface area contributed by atoms with Crippen molar-refractivity contribution in [3.63, 3.8) is 0 Å². The Morgan fingerprint density at radius 3 is 2.35 bits per heavy atom. The third-order valence-corrected chi connectivity index (χ3v) is 2.42. The van der Waals surface area contributed by atoms with Crippen LogP contribution in [0.2, 0.25) is 0 Å². The van der Waals surface area contributed by atoms with Crippen LogP contribution in [0.1, 0.15) is 15.9 Å². The van der Waals surface area contributed by atoms with Gasteiger partial charge in [0, 0.05) is 11.4 Å². The van der Waals surface area contributed by atoms with Crippen molar-refractivity contribution in [2.45, 2.75) is 0 Å². The molecule has 0 spiro atoms. The zero-order valence-corrected chi connectivity index (χ0v) is 9.31. The molecule has 0 fully saturated rings. The predicted octanol–water partition coefficient (Wildman–Crippen LogP) is 2.70. The second-order valence-corrected chi connectivity index (χ2v) is 3.74. The van der Waals surface area contributed by atoms with Crippen molar-refractivity contribution in [2.24, 2.45) is 0 Å². The highest BCUT2D eigenvalue weighted by Crippen LogP contribution is 2.14. The van der Waals surface area contributed by atoms with Gasteiger partial charge in [0.15, 0.2) is 0 Å². The molecule has 3 nitrogen and oxygen atoms in total. The van der Waals surface area contributed by atoms with E-state index in [1.165, 1.54) is 0 Å². The first-order chi connectivity index (χ1) is 8.16. The number of nitrogens with one attached hydrogen (secondary N) is 1. The second-order valence-electron chi connectivity index (χ2n) is 3.74. The Hall–Kier alpha value is -2.29. The Balaban J connectivity index is 2.17. The lowest BCUT2D eigenvalue weighted by Crippen LogP contribution is -2.13. The molecule has 3 heteroatoms. The van der Waals surface area contributed by atoms with Crippen molar-refractivity contribution in [3.8, 4) is 0 Å². The second kappa shape index (κ2) is 4.70. The first-order valence-electron chi connectivity index (χ1n) is 5.25. The van der Waals surface area contributed by atoms with Crippen LogP contribution in [0.25, 0.3) is 0 Å². The summed E-state index contributed by atoms with van der Waals surface area (Å²) < 4.78 is 0. The van der Waals surface area contributed by atoms with Crippen LogP contribution >= 0.6 is 0 Å². The van der Waals surface area contributed by atoms with Gasteiger partial charge < -0.3 is 11.1 Å². The highest BCUT2D eigenvalue weighted by atomic mass is 16.1. The predicted molar refractivity (Wildman–Crippen MR) is 69.7 cm³/mol. The fraction of sp³-hybridized carbons (Fsp3) is 0. The van der Waals surface area contributed by atoms with Crippen molar-refractivity contribution in [2.75, 3.05) is 11.1 Å². The van der Waals surface area contributed by atoms with Gasteiger partial charge >= 0.3 is 0 Å². The molecule has 1 amide bonds. The molecule has 0 saturated heterocycles. The molecule has 0 aliphatic rings. The Morgan fingerprint density at radius 2 is 1.71 bits per heavy atom. The van der Waals surface area contributed by atoms with E-state index in [1.807, 2.05) is 12.1 Å². The molecule has 3 N–H and O–H groups in total. The maximum absolute atomic E-state index is 11.9. The number of amides is 1. The molecule has 0 aliphatic heterocycles. The lowest BCUT2D eigenvalue weighted by Gasteiger charge is -2.07. The van der Waals surface area contributed by atoms with E-state index >= 15 is 0 Å². The minimum Gasteiger partial charge on any atom is -0.398 e. The number of carbonyl (C=O) groups excluding carboxylic acids is 1. The molecule has 0 saturated carbocycles. The van der Waals surface area contributed by atoms with Gasteiger partial charge in [-0.1, -0.05) is 24.3 Å². The topological polar surface area (TPSA) is 55.1 Å². The van der Waals surface area contributed by atoms with E-state index in [0.29, 0.717) is 11.3 Å². The average molecular weight is 225 g/mol. The van der Waals surface area contributed by atoms with Crippen LogP contribution in [0.4, 0.5) is 11.4 Å². The lowest BCUT2D eigenvalue weighted by molar-refractivity contribution is 0.102. The molecule has 85 valence electrons. The number of benzene rings is 2. The Labute approximate surface area is 100 Å². The van der Waals surface area contributed by atoms with Gasteiger partial charge in [0.2, 0.25) is 0 Å². The smallest absolute Gasteiger partial charge is 0.257 e. The molecule has 0 unspecified atom stereocenters. The standard InChI is InChI=1S/C14H13N2O/c1-10-6-8-11(9-7-10)16-14(17)12-4-2-3-5-13(12)15/h2-9H,1,15H2,(H,16,17). The number of nitrogens with two attached hydrogens (primary N) is 1. The normalized spacial score (nSPS) is 9.94. The SMILES string of the molecule is [CH2]c1ccc(NC(=O)c2ccccc2N)cc1. The lowest BCUT2D eigenvalue weighted by atomic mass is 10.1. The van der Waals surface area contributed by atoms with E-state index < -0.39 is 0 Å². The van der Waals surface area contributed by atoms with Gasteiger partial charge in [-0.15, -0.1) is 0 Å². The minimum atomic E-state index is -0.208. The maximum atomic E-state index is 11.9. The van der Waals surface area contributed by atoms with Gasteiger partial charge in [-0.25, -0.2) is 0 Å². The number of carbonyl (C=O) groups is 1. The Bertz CT molecular complexity index is 532. The largest absolute Gasteiger partial charge is 0.398 e. The number of para-hydroxylation sites is 1. The number of hydrogen-bond acceptors (Lipinski definition) is 2. The van der Waals surface area contributed by atoms with Crippen molar-refractivity contribution in [1.29, 1.82) is 0 Å². The highest BCUT2D eigenvalue weighted by Gasteiger charge is 2.08. The molecule has 0 atom stereocenters. The van der Waals surface area contributed by atoms with Gasteiger partial charge in [0.05, 0.1) is 5.56 Å². The minimum absolute atomic E-state index is 0.208. The summed E-state index contributed by atoms with van der Waals surface area (Å²) >= 11 is 0. The third kappa shape index (κ3) is 2.64. The highest BCUT2D eigenvalue weighted by molar-refractivity contribution is 6.07. The van der Waals surface area contributed by atoms with Crippen molar-refractivity contribution in [3.05, 3.63) is 66.6 Å². The first kappa shape index (κ1) is 11.2. The Kier molecular flexibility index (Phi) is 3.10. The molecule has 0 heterocycles. The summed E-state index contributed by atoms with van der Waals surface area (Å²) in [7, 11) is 0. The van der Waals surface area contributed by atoms with Crippen molar-refractivity contribution < 1.29 is 4.79 Å². The maximum Gasteiger partial charge on any atom is 0.257 e. The summed E-state index contributed by atoms with van der Waals surface area (Å²) in [4.78, 5) is 11.9. The van der Waals surface area contributed by atoms with E-state index in [1.54, 1.807) is 36.4 Å². The van der Waals surface area contributed by atoms with Crippen LogP contribution in [-0.2, 0) is 0 Å². The fourth-order valence-corrected chi connectivity index (χ4v) is 1.49. The van der Waals surface area contributed by atoms with E-state index in [0.717, 1.165) is 11.3 Å². The van der Waals surface area contributed by atoms with Gasteiger partial charge in [-0.2, -0.15) is 0 Å². The van der Waals surface area contributed by atoms with Crippen LogP contribution in [0.3, 0.4) is 0 Å². The van der Waals surface area contributed by atoms with Crippen molar-refractivity contribution in [1.82, 2.24) is 0 Å². The van der Waals surface area contributed by atoms with E-state index in [-0.39, 0.29) is 5.91 Å². The van der Waals surface area contributed by atoms with Crippen LogP contribution in [0.15, 0.2) is 48.5 Å². The first-order valence-corrected chi connectivity index (χ1v) is 5.25. The summed E-state index contributed by atoms with van der Waals surface area (Å²) in [5.74, 6) is -0.208. The molecule has 2 aromatic carbocycles. The van der Waals surface area contributed by atoms with Gasteiger partial charge in [0.25, 0.3) is 5.91 Å². The van der Waals surface area contributed by atoms with Crippen LogP contribution in [0, 0.1) is 6.92 Å².